The molecule has 28 heavy (non-hydrogen) atoms. The zero-order valence-electron chi connectivity index (χ0n) is 15.4. The second-order valence-electron chi connectivity index (χ2n) is 6.55. The maximum absolute atomic E-state index is 13.3. The number of nitrogens with zero attached hydrogens (tertiary/aromatic N) is 4. The number of carbonyl (C=O) groups is 1. The van der Waals surface area contributed by atoms with Crippen LogP contribution in [0.5, 0.6) is 0 Å². The fraction of sp³-hybridized carbons (Fsp3) is 0.200. The van der Waals surface area contributed by atoms with Crippen LogP contribution >= 0.6 is 11.8 Å². The van der Waals surface area contributed by atoms with Crippen LogP contribution in [0.2, 0.25) is 0 Å². The number of thioether (sulfide) groups is 1. The van der Waals surface area contributed by atoms with Crippen molar-refractivity contribution in [3.05, 3.63) is 59.9 Å². The third-order valence-corrected chi connectivity index (χ3v) is 5.36. The Balaban J connectivity index is 1.48. The van der Waals surface area contributed by atoms with Crippen LogP contribution < -0.4 is 0 Å². The summed E-state index contributed by atoms with van der Waals surface area (Å²) >= 11 is 1.25. The summed E-state index contributed by atoms with van der Waals surface area (Å²) in [6.45, 7) is 2.13. The number of H-pyrrole nitrogens is 1. The lowest BCUT2D eigenvalue weighted by molar-refractivity contribution is -0.129. The third-order valence-electron chi connectivity index (χ3n) is 4.42. The van der Waals surface area contributed by atoms with Gasteiger partial charge in [-0.1, -0.05) is 42.1 Å². The molecule has 0 radical (unpaired) electrons. The second kappa shape index (κ2) is 7.55. The van der Waals surface area contributed by atoms with Gasteiger partial charge in [0.05, 0.1) is 5.25 Å². The highest BCUT2D eigenvalue weighted by Gasteiger charge is 2.21. The van der Waals surface area contributed by atoms with E-state index in [2.05, 4.69) is 20.2 Å². The molecule has 1 N–H and O–H groups in total. The van der Waals surface area contributed by atoms with Gasteiger partial charge in [-0.3, -0.25) is 4.79 Å². The summed E-state index contributed by atoms with van der Waals surface area (Å²) in [5.74, 6) is -0.401. The Bertz CT molecular complexity index is 1160. The van der Waals surface area contributed by atoms with Gasteiger partial charge in [0, 0.05) is 24.5 Å². The Kier molecular flexibility index (Phi) is 4.95. The van der Waals surface area contributed by atoms with Crippen LogP contribution in [0.4, 0.5) is 4.39 Å². The van der Waals surface area contributed by atoms with E-state index < -0.39 is 5.25 Å². The fourth-order valence-electron chi connectivity index (χ4n) is 3.06. The van der Waals surface area contributed by atoms with Crippen molar-refractivity contribution < 1.29 is 9.18 Å². The maximum atomic E-state index is 13.3. The van der Waals surface area contributed by atoms with E-state index in [1.807, 2.05) is 24.3 Å². The molecule has 0 saturated heterocycles. The van der Waals surface area contributed by atoms with Crippen LogP contribution in [0.1, 0.15) is 12.5 Å². The Morgan fingerprint density at radius 2 is 2.04 bits per heavy atom. The SMILES string of the molecule is C[C@H](Sc1nnc2c(n1)[nH]c1ccccc12)C(=O)N(C)Cc1cccc(F)c1. The summed E-state index contributed by atoms with van der Waals surface area (Å²) in [6.07, 6.45) is 0. The lowest BCUT2D eigenvalue weighted by Crippen LogP contribution is -2.32. The zero-order valence-corrected chi connectivity index (χ0v) is 16.2. The molecule has 1 amide bonds. The Morgan fingerprint density at radius 1 is 1.21 bits per heavy atom. The lowest BCUT2D eigenvalue weighted by Gasteiger charge is -2.20. The number of aromatic nitrogens is 4. The molecule has 0 aliphatic heterocycles. The fourth-order valence-corrected chi connectivity index (χ4v) is 3.89. The molecular formula is C20H18FN5OS. The number of para-hydroxylation sites is 1. The van der Waals surface area contributed by atoms with Gasteiger partial charge in [0.25, 0.3) is 0 Å². The maximum Gasteiger partial charge on any atom is 0.235 e. The zero-order chi connectivity index (χ0) is 19.7. The summed E-state index contributed by atoms with van der Waals surface area (Å²) in [5, 5.41) is 9.44. The molecular weight excluding hydrogens is 377 g/mol. The predicted molar refractivity (Wildman–Crippen MR) is 107 cm³/mol. The van der Waals surface area contributed by atoms with Gasteiger partial charge in [0.15, 0.2) is 5.65 Å². The number of benzene rings is 2. The van der Waals surface area contributed by atoms with Crippen molar-refractivity contribution in [3.63, 3.8) is 0 Å². The number of fused-ring (bicyclic) bond motifs is 3. The largest absolute Gasteiger partial charge is 0.340 e. The molecule has 142 valence electrons. The predicted octanol–water partition coefficient (Wildman–Crippen LogP) is 3.78. The summed E-state index contributed by atoms with van der Waals surface area (Å²) in [4.78, 5) is 22.0. The first-order valence-corrected chi connectivity index (χ1v) is 9.66. The average molecular weight is 395 g/mol. The van der Waals surface area contributed by atoms with E-state index >= 15 is 0 Å². The minimum atomic E-state index is -0.401. The average Bonchev–Trinajstić information content (AvgIpc) is 3.05. The first-order valence-electron chi connectivity index (χ1n) is 8.78. The van der Waals surface area contributed by atoms with Gasteiger partial charge in [-0.05, 0) is 30.7 Å². The molecule has 0 bridgehead atoms. The second-order valence-corrected chi connectivity index (χ2v) is 7.85. The van der Waals surface area contributed by atoms with Crippen molar-refractivity contribution in [1.29, 1.82) is 0 Å². The summed E-state index contributed by atoms with van der Waals surface area (Å²) in [7, 11) is 1.70. The molecule has 0 unspecified atom stereocenters. The van der Waals surface area contributed by atoms with Crippen LogP contribution in [-0.2, 0) is 11.3 Å². The normalized spacial score (nSPS) is 12.4. The van der Waals surface area contributed by atoms with E-state index in [0.29, 0.717) is 22.9 Å². The van der Waals surface area contributed by atoms with Crippen LogP contribution in [-0.4, -0.2) is 43.3 Å². The highest BCUT2D eigenvalue weighted by Crippen LogP contribution is 2.25. The minimum Gasteiger partial charge on any atom is -0.340 e. The molecule has 0 fully saturated rings. The van der Waals surface area contributed by atoms with Gasteiger partial charge in [-0.15, -0.1) is 10.2 Å². The summed E-state index contributed by atoms with van der Waals surface area (Å²) < 4.78 is 13.3. The van der Waals surface area contributed by atoms with E-state index in [9.17, 15) is 9.18 Å². The molecule has 8 heteroatoms. The van der Waals surface area contributed by atoms with E-state index in [0.717, 1.165) is 16.5 Å². The molecule has 2 heterocycles. The first-order chi connectivity index (χ1) is 13.5. The number of halogens is 1. The van der Waals surface area contributed by atoms with Gasteiger partial charge in [0.2, 0.25) is 11.1 Å². The monoisotopic (exact) mass is 395 g/mol. The lowest BCUT2D eigenvalue weighted by atomic mass is 10.2. The van der Waals surface area contributed by atoms with Gasteiger partial charge < -0.3 is 9.88 Å². The molecule has 0 spiro atoms. The molecule has 6 nitrogen and oxygen atoms in total. The van der Waals surface area contributed by atoms with Crippen molar-refractivity contribution in [3.8, 4) is 0 Å². The highest BCUT2D eigenvalue weighted by molar-refractivity contribution is 8.00. The molecule has 4 rings (SSSR count). The number of amides is 1. The van der Waals surface area contributed by atoms with E-state index in [4.69, 9.17) is 0 Å². The number of hydrogen-bond donors (Lipinski definition) is 1. The van der Waals surface area contributed by atoms with Crippen molar-refractivity contribution in [1.82, 2.24) is 25.1 Å². The molecule has 2 aromatic heterocycles. The van der Waals surface area contributed by atoms with Crippen LogP contribution in [0.25, 0.3) is 22.1 Å². The Hall–Kier alpha value is -3.00. The quantitative estimate of drug-likeness (QED) is 0.521. The summed E-state index contributed by atoms with van der Waals surface area (Å²) in [6, 6.07) is 14.0. The number of rotatable bonds is 5. The van der Waals surface area contributed by atoms with E-state index in [-0.39, 0.29) is 11.7 Å². The van der Waals surface area contributed by atoms with Crippen LogP contribution in [0.15, 0.2) is 53.7 Å². The molecule has 4 aromatic rings. The molecule has 2 aromatic carbocycles. The highest BCUT2D eigenvalue weighted by atomic mass is 32.2. The van der Waals surface area contributed by atoms with Gasteiger partial charge in [0.1, 0.15) is 11.3 Å². The topological polar surface area (TPSA) is 74.8 Å². The smallest absolute Gasteiger partial charge is 0.235 e. The van der Waals surface area contributed by atoms with E-state index in [1.54, 1.807) is 31.0 Å². The van der Waals surface area contributed by atoms with Gasteiger partial charge >= 0.3 is 0 Å². The number of nitrogens with one attached hydrogen (secondary N) is 1. The molecule has 0 aliphatic carbocycles. The Morgan fingerprint density at radius 3 is 2.86 bits per heavy atom. The molecule has 0 saturated carbocycles. The molecule has 0 aliphatic rings. The minimum absolute atomic E-state index is 0.0883. The number of aromatic amines is 1. The van der Waals surface area contributed by atoms with Gasteiger partial charge in [-0.2, -0.15) is 0 Å². The van der Waals surface area contributed by atoms with Crippen molar-refractivity contribution in [2.75, 3.05) is 7.05 Å². The number of carbonyl (C=O) groups excluding carboxylic acids is 1. The first kappa shape index (κ1) is 18.4. The van der Waals surface area contributed by atoms with Gasteiger partial charge in [-0.25, -0.2) is 9.37 Å². The van der Waals surface area contributed by atoms with Crippen LogP contribution in [0.3, 0.4) is 0 Å². The standard InChI is InChI=1S/C20H18FN5OS/c1-12(19(27)26(2)11-13-6-5-7-14(21)10-13)28-20-23-18-17(24-25-20)15-8-3-4-9-16(15)22-18/h3-10,12H,11H2,1-2H3,(H,22,23,25)/t12-/m0/s1. The Labute approximate surface area is 165 Å². The van der Waals surface area contributed by atoms with Crippen molar-refractivity contribution in [2.24, 2.45) is 0 Å². The summed E-state index contributed by atoms with van der Waals surface area (Å²) in [5.41, 5.74) is 3.04. The third kappa shape index (κ3) is 3.68. The van der Waals surface area contributed by atoms with Crippen LogP contribution in [0, 0.1) is 5.82 Å². The van der Waals surface area contributed by atoms with E-state index in [1.165, 1.54) is 23.9 Å². The van der Waals surface area contributed by atoms with Crippen molar-refractivity contribution >= 4 is 39.7 Å². The van der Waals surface area contributed by atoms with Crippen molar-refractivity contribution in [2.45, 2.75) is 23.9 Å². The molecule has 1 atom stereocenters. The number of hydrogen-bond acceptors (Lipinski definition) is 5.